The van der Waals surface area contributed by atoms with Crippen LogP contribution in [0.4, 0.5) is 13.2 Å². The van der Waals surface area contributed by atoms with Crippen molar-refractivity contribution < 1.29 is 18.0 Å². The van der Waals surface area contributed by atoms with Gasteiger partial charge in [0.15, 0.2) is 5.69 Å². The molecule has 0 saturated heterocycles. The predicted molar refractivity (Wildman–Crippen MR) is 117 cm³/mol. The maximum absolute atomic E-state index is 13.1. The highest BCUT2D eigenvalue weighted by Gasteiger charge is 2.35. The molecule has 1 unspecified atom stereocenters. The van der Waals surface area contributed by atoms with Crippen molar-refractivity contribution in [1.29, 1.82) is 0 Å². The van der Waals surface area contributed by atoms with Crippen molar-refractivity contribution in [1.82, 2.24) is 29.6 Å². The molecule has 7 nitrogen and oxygen atoms in total. The summed E-state index contributed by atoms with van der Waals surface area (Å²) in [5.41, 5.74) is 1.39. The number of benzene rings is 1. The molecule has 0 radical (unpaired) electrons. The second kappa shape index (κ2) is 8.14. The standard InChI is InChI=1S/C22H19F3N6OS/c1-30-19(15(10-26-30)21-29-17(12-33-21)22(23,24)25)20(32)27-14-7-8-31-11-16(28-18(31)9-14)13-5-3-2-4-6-13/h2-6,10-12,14H,7-9H2,1H3,(H,27,32). The van der Waals surface area contributed by atoms with E-state index in [2.05, 4.69) is 20.0 Å². The van der Waals surface area contributed by atoms with Gasteiger partial charge in [0.2, 0.25) is 0 Å². The van der Waals surface area contributed by atoms with Crippen LogP contribution in [-0.4, -0.2) is 36.3 Å². The Kier molecular flexibility index (Phi) is 5.28. The van der Waals surface area contributed by atoms with E-state index in [1.54, 1.807) is 7.05 Å². The van der Waals surface area contributed by atoms with Crippen LogP contribution in [0.3, 0.4) is 0 Å². The Morgan fingerprint density at radius 2 is 2.00 bits per heavy atom. The molecule has 4 heterocycles. The number of alkyl halides is 3. The van der Waals surface area contributed by atoms with Crippen LogP contribution >= 0.6 is 11.3 Å². The first kappa shape index (κ1) is 21.4. The van der Waals surface area contributed by atoms with Crippen molar-refractivity contribution in [3.63, 3.8) is 0 Å². The molecule has 1 amide bonds. The summed E-state index contributed by atoms with van der Waals surface area (Å²) >= 11 is 0.834. The fourth-order valence-electron chi connectivity index (χ4n) is 3.94. The highest BCUT2D eigenvalue weighted by Crippen LogP contribution is 2.34. The normalized spacial score (nSPS) is 15.9. The van der Waals surface area contributed by atoms with Crippen LogP contribution in [0, 0.1) is 0 Å². The third-order valence-electron chi connectivity index (χ3n) is 5.59. The minimum Gasteiger partial charge on any atom is -0.347 e. The number of nitrogens with one attached hydrogen (secondary N) is 1. The number of carbonyl (C=O) groups is 1. The van der Waals surface area contributed by atoms with Gasteiger partial charge in [-0.1, -0.05) is 30.3 Å². The zero-order chi connectivity index (χ0) is 23.2. The number of hydrogen-bond acceptors (Lipinski definition) is 5. The fraction of sp³-hybridized carbons (Fsp3) is 0.273. The molecule has 170 valence electrons. The average molecular weight is 472 g/mol. The summed E-state index contributed by atoms with van der Waals surface area (Å²) in [6.07, 6.45) is 0.117. The Balaban J connectivity index is 1.34. The van der Waals surface area contributed by atoms with Gasteiger partial charge in [0.1, 0.15) is 16.5 Å². The highest BCUT2D eigenvalue weighted by atomic mass is 32.1. The summed E-state index contributed by atoms with van der Waals surface area (Å²) in [5, 5.41) is 8.12. The van der Waals surface area contributed by atoms with Crippen LogP contribution in [0.15, 0.2) is 48.1 Å². The lowest BCUT2D eigenvalue weighted by atomic mass is 10.1. The van der Waals surface area contributed by atoms with Gasteiger partial charge in [-0.3, -0.25) is 9.48 Å². The van der Waals surface area contributed by atoms with Crippen molar-refractivity contribution in [2.45, 2.75) is 31.6 Å². The summed E-state index contributed by atoms with van der Waals surface area (Å²) in [6, 6.07) is 9.72. The number of aryl methyl sites for hydroxylation is 2. The van der Waals surface area contributed by atoms with Crippen molar-refractivity contribution >= 4 is 17.2 Å². The predicted octanol–water partition coefficient (Wildman–Crippen LogP) is 4.17. The van der Waals surface area contributed by atoms with Gasteiger partial charge in [-0.05, 0) is 6.42 Å². The third kappa shape index (κ3) is 4.15. The Morgan fingerprint density at radius 1 is 1.21 bits per heavy atom. The molecule has 0 aliphatic carbocycles. The number of halogens is 3. The van der Waals surface area contributed by atoms with Crippen LogP contribution in [-0.2, 0) is 26.2 Å². The quantitative estimate of drug-likeness (QED) is 0.484. The van der Waals surface area contributed by atoms with Crippen molar-refractivity contribution in [2.75, 3.05) is 0 Å². The zero-order valence-electron chi connectivity index (χ0n) is 17.5. The van der Waals surface area contributed by atoms with Gasteiger partial charge in [-0.25, -0.2) is 9.97 Å². The summed E-state index contributed by atoms with van der Waals surface area (Å²) < 4.78 is 42.3. The number of aromatic nitrogens is 5. The first-order chi connectivity index (χ1) is 15.8. The second-order valence-corrected chi connectivity index (χ2v) is 8.69. The number of rotatable bonds is 4. The van der Waals surface area contributed by atoms with E-state index < -0.39 is 17.8 Å². The zero-order valence-corrected chi connectivity index (χ0v) is 18.3. The SMILES string of the molecule is Cn1ncc(-c2nc(C(F)(F)F)cs2)c1C(=O)NC1CCn2cc(-c3ccccc3)nc2C1. The van der Waals surface area contributed by atoms with E-state index in [0.29, 0.717) is 19.4 Å². The number of fused-ring (bicyclic) bond motifs is 1. The molecule has 1 aromatic carbocycles. The van der Waals surface area contributed by atoms with Gasteiger partial charge in [-0.2, -0.15) is 18.3 Å². The number of imidazole rings is 1. The molecule has 0 spiro atoms. The lowest BCUT2D eigenvalue weighted by molar-refractivity contribution is -0.140. The maximum atomic E-state index is 13.1. The van der Waals surface area contributed by atoms with E-state index in [-0.39, 0.29) is 22.3 Å². The Bertz CT molecular complexity index is 1310. The van der Waals surface area contributed by atoms with E-state index in [1.165, 1.54) is 10.9 Å². The van der Waals surface area contributed by atoms with Gasteiger partial charge in [0.25, 0.3) is 5.91 Å². The molecule has 3 aromatic heterocycles. The van der Waals surface area contributed by atoms with Gasteiger partial charge >= 0.3 is 6.18 Å². The Labute approximate surface area is 190 Å². The number of nitrogens with zero attached hydrogens (tertiary/aromatic N) is 5. The van der Waals surface area contributed by atoms with Crippen LogP contribution in [0.25, 0.3) is 21.8 Å². The number of hydrogen-bond donors (Lipinski definition) is 1. The molecule has 1 aliphatic rings. The molecule has 0 saturated carbocycles. The first-order valence-corrected chi connectivity index (χ1v) is 11.1. The molecule has 5 rings (SSSR count). The lowest BCUT2D eigenvalue weighted by Crippen LogP contribution is -2.41. The molecule has 1 atom stereocenters. The monoisotopic (exact) mass is 472 g/mol. The van der Waals surface area contributed by atoms with E-state index in [1.807, 2.05) is 36.5 Å². The van der Waals surface area contributed by atoms with Gasteiger partial charge in [0, 0.05) is 43.2 Å². The average Bonchev–Trinajstić information content (AvgIpc) is 3.51. The molecular formula is C22H19F3N6OS. The number of thiazole rings is 1. The Hall–Kier alpha value is -3.47. The molecule has 1 aliphatic heterocycles. The van der Waals surface area contributed by atoms with Crippen molar-refractivity contribution in [3.05, 3.63) is 65.3 Å². The lowest BCUT2D eigenvalue weighted by Gasteiger charge is -2.24. The van der Waals surface area contributed by atoms with Crippen LogP contribution in [0.1, 0.15) is 28.4 Å². The molecule has 11 heteroatoms. The van der Waals surface area contributed by atoms with Crippen LogP contribution in [0.2, 0.25) is 0 Å². The summed E-state index contributed by atoms with van der Waals surface area (Å²) in [7, 11) is 1.58. The fourth-order valence-corrected chi connectivity index (χ4v) is 4.78. The van der Waals surface area contributed by atoms with Crippen molar-refractivity contribution in [2.24, 2.45) is 7.05 Å². The minimum absolute atomic E-state index is 0.104. The van der Waals surface area contributed by atoms with Crippen LogP contribution < -0.4 is 5.32 Å². The van der Waals surface area contributed by atoms with E-state index in [4.69, 9.17) is 4.98 Å². The van der Waals surface area contributed by atoms with E-state index in [9.17, 15) is 18.0 Å². The molecular weight excluding hydrogens is 453 g/mol. The summed E-state index contributed by atoms with van der Waals surface area (Å²) in [6.45, 7) is 0.708. The summed E-state index contributed by atoms with van der Waals surface area (Å²) in [4.78, 5) is 21.5. The topological polar surface area (TPSA) is 77.6 Å². The molecule has 0 bridgehead atoms. The summed E-state index contributed by atoms with van der Waals surface area (Å²) in [5.74, 6) is 0.479. The van der Waals surface area contributed by atoms with Crippen LogP contribution in [0.5, 0.6) is 0 Å². The number of amides is 1. The molecule has 33 heavy (non-hydrogen) atoms. The maximum Gasteiger partial charge on any atom is 0.434 e. The first-order valence-electron chi connectivity index (χ1n) is 10.3. The van der Waals surface area contributed by atoms with Gasteiger partial charge in [-0.15, -0.1) is 11.3 Å². The van der Waals surface area contributed by atoms with Crippen molar-refractivity contribution in [3.8, 4) is 21.8 Å². The Morgan fingerprint density at radius 3 is 2.73 bits per heavy atom. The smallest absolute Gasteiger partial charge is 0.347 e. The second-order valence-electron chi connectivity index (χ2n) is 7.83. The highest BCUT2D eigenvalue weighted by molar-refractivity contribution is 7.13. The van der Waals surface area contributed by atoms with E-state index >= 15 is 0 Å². The molecule has 1 N–H and O–H groups in total. The van der Waals surface area contributed by atoms with E-state index in [0.717, 1.165) is 33.8 Å². The minimum atomic E-state index is -4.54. The van der Waals surface area contributed by atoms with Gasteiger partial charge < -0.3 is 9.88 Å². The molecule has 4 aromatic rings. The third-order valence-corrected chi connectivity index (χ3v) is 6.47. The van der Waals surface area contributed by atoms with Gasteiger partial charge in [0.05, 0.1) is 17.5 Å². The molecule has 0 fully saturated rings. The number of carbonyl (C=O) groups excluding carboxylic acids is 1. The largest absolute Gasteiger partial charge is 0.434 e.